The van der Waals surface area contributed by atoms with Crippen molar-refractivity contribution in [3.63, 3.8) is 0 Å². The molecule has 1 N–H and O–H groups in total. The van der Waals surface area contributed by atoms with Crippen molar-refractivity contribution < 1.29 is 14.1 Å². The molecule has 0 bridgehead atoms. The Morgan fingerprint density at radius 1 is 1.25 bits per heavy atom. The zero-order valence-electron chi connectivity index (χ0n) is 14.7. The van der Waals surface area contributed by atoms with Gasteiger partial charge >= 0.3 is 0 Å². The molecule has 6 nitrogen and oxygen atoms in total. The van der Waals surface area contributed by atoms with Gasteiger partial charge in [0.1, 0.15) is 0 Å². The van der Waals surface area contributed by atoms with Gasteiger partial charge in [-0.3, -0.25) is 4.79 Å². The topological polar surface area (TPSA) is 77.2 Å². The highest BCUT2D eigenvalue weighted by Crippen LogP contribution is 2.20. The van der Waals surface area contributed by atoms with Gasteiger partial charge < -0.3 is 14.6 Å². The fraction of sp³-hybridized carbons (Fsp3) is 0.500. The molecule has 1 amide bonds. The maximum absolute atomic E-state index is 11.8. The molecule has 0 saturated heterocycles. The summed E-state index contributed by atoms with van der Waals surface area (Å²) < 4.78 is 10.2. The van der Waals surface area contributed by atoms with Crippen LogP contribution in [0.25, 0.3) is 11.4 Å². The number of aromatic nitrogens is 2. The number of nitrogens with zero attached hydrogens (tertiary/aromatic N) is 2. The molecule has 24 heavy (non-hydrogen) atoms. The van der Waals surface area contributed by atoms with Crippen LogP contribution in [0.1, 0.15) is 44.6 Å². The molecule has 0 aliphatic carbocycles. The van der Waals surface area contributed by atoms with Crippen LogP contribution in [0.2, 0.25) is 0 Å². The third kappa shape index (κ3) is 5.16. The average molecular weight is 331 g/mol. The highest BCUT2D eigenvalue weighted by molar-refractivity contribution is 5.76. The molecule has 0 aliphatic heterocycles. The van der Waals surface area contributed by atoms with Crippen molar-refractivity contribution in [1.29, 1.82) is 0 Å². The molecule has 0 aliphatic rings. The zero-order chi connectivity index (χ0) is 17.5. The SMILES string of the molecule is COC[C@@H](C)NC(=O)CCc1nc(-c2ccc(C(C)C)cc2)no1. The Bertz CT molecular complexity index is 650. The lowest BCUT2D eigenvalue weighted by atomic mass is 10.0. The Kier molecular flexibility index (Phi) is 6.49. The summed E-state index contributed by atoms with van der Waals surface area (Å²) >= 11 is 0. The van der Waals surface area contributed by atoms with Crippen molar-refractivity contribution in [1.82, 2.24) is 15.5 Å². The van der Waals surface area contributed by atoms with E-state index in [4.69, 9.17) is 9.26 Å². The van der Waals surface area contributed by atoms with E-state index in [0.29, 0.717) is 37.1 Å². The number of hydrogen-bond acceptors (Lipinski definition) is 5. The summed E-state index contributed by atoms with van der Waals surface area (Å²) in [4.78, 5) is 16.2. The number of carbonyl (C=O) groups excluding carboxylic acids is 1. The van der Waals surface area contributed by atoms with E-state index in [9.17, 15) is 4.79 Å². The second-order valence-electron chi connectivity index (χ2n) is 6.21. The maximum Gasteiger partial charge on any atom is 0.227 e. The second-order valence-corrected chi connectivity index (χ2v) is 6.21. The Labute approximate surface area is 142 Å². The molecule has 0 spiro atoms. The quantitative estimate of drug-likeness (QED) is 0.805. The summed E-state index contributed by atoms with van der Waals surface area (Å²) in [5.41, 5.74) is 2.18. The number of hydrogen-bond donors (Lipinski definition) is 1. The van der Waals surface area contributed by atoms with Crippen molar-refractivity contribution in [2.75, 3.05) is 13.7 Å². The lowest BCUT2D eigenvalue weighted by Gasteiger charge is -2.11. The molecule has 6 heteroatoms. The van der Waals surface area contributed by atoms with E-state index in [-0.39, 0.29) is 11.9 Å². The molecule has 1 aromatic heterocycles. The molecule has 0 fully saturated rings. The van der Waals surface area contributed by atoms with E-state index < -0.39 is 0 Å². The van der Waals surface area contributed by atoms with E-state index >= 15 is 0 Å². The molecule has 0 saturated carbocycles. The summed E-state index contributed by atoms with van der Waals surface area (Å²) in [5, 5.41) is 6.84. The van der Waals surface area contributed by atoms with Gasteiger partial charge in [-0.25, -0.2) is 0 Å². The summed E-state index contributed by atoms with van der Waals surface area (Å²) in [6.07, 6.45) is 0.727. The largest absolute Gasteiger partial charge is 0.383 e. The van der Waals surface area contributed by atoms with E-state index in [1.165, 1.54) is 5.56 Å². The molecule has 1 heterocycles. The van der Waals surface area contributed by atoms with Gasteiger partial charge in [-0.05, 0) is 18.4 Å². The smallest absolute Gasteiger partial charge is 0.227 e. The summed E-state index contributed by atoms with van der Waals surface area (Å²) in [5.74, 6) is 1.44. The maximum atomic E-state index is 11.8. The van der Waals surface area contributed by atoms with Crippen molar-refractivity contribution in [2.45, 2.75) is 45.6 Å². The van der Waals surface area contributed by atoms with E-state index in [1.807, 2.05) is 19.1 Å². The Morgan fingerprint density at radius 3 is 2.58 bits per heavy atom. The van der Waals surface area contributed by atoms with Gasteiger partial charge in [-0.2, -0.15) is 4.98 Å². The summed E-state index contributed by atoms with van der Waals surface area (Å²) in [7, 11) is 1.61. The minimum Gasteiger partial charge on any atom is -0.383 e. The van der Waals surface area contributed by atoms with Crippen molar-refractivity contribution in [2.24, 2.45) is 0 Å². The number of ether oxygens (including phenoxy) is 1. The first-order chi connectivity index (χ1) is 11.5. The number of benzene rings is 1. The molecule has 0 radical (unpaired) electrons. The first-order valence-corrected chi connectivity index (χ1v) is 8.20. The van der Waals surface area contributed by atoms with Gasteiger partial charge in [0.05, 0.1) is 6.61 Å². The molecule has 0 unspecified atom stereocenters. The molecule has 1 atom stereocenters. The monoisotopic (exact) mass is 331 g/mol. The highest BCUT2D eigenvalue weighted by Gasteiger charge is 2.12. The summed E-state index contributed by atoms with van der Waals surface area (Å²) in [6.45, 7) is 6.69. The van der Waals surface area contributed by atoms with Crippen molar-refractivity contribution in [3.8, 4) is 11.4 Å². The second kappa shape index (κ2) is 8.59. The molecule has 2 aromatic rings. The van der Waals surface area contributed by atoms with Crippen LogP contribution < -0.4 is 5.32 Å². The Balaban J connectivity index is 1.90. The number of nitrogens with one attached hydrogen (secondary N) is 1. The summed E-state index contributed by atoms with van der Waals surface area (Å²) in [6, 6.07) is 8.10. The lowest BCUT2D eigenvalue weighted by molar-refractivity contribution is -0.122. The number of aryl methyl sites for hydroxylation is 1. The van der Waals surface area contributed by atoms with Crippen LogP contribution in [0.15, 0.2) is 28.8 Å². The van der Waals surface area contributed by atoms with Crippen LogP contribution in [-0.2, 0) is 16.0 Å². The average Bonchev–Trinajstić information content (AvgIpc) is 3.02. The van der Waals surface area contributed by atoms with E-state index in [2.05, 4.69) is 41.4 Å². The van der Waals surface area contributed by atoms with Gasteiger partial charge in [-0.15, -0.1) is 0 Å². The van der Waals surface area contributed by atoms with E-state index in [1.54, 1.807) is 7.11 Å². The first kappa shape index (κ1) is 18.1. The number of amides is 1. The van der Waals surface area contributed by atoms with Crippen LogP contribution in [0.3, 0.4) is 0 Å². The fourth-order valence-corrected chi connectivity index (χ4v) is 2.35. The molecular formula is C18H25N3O3. The minimum absolute atomic E-state index is 0.0137. The first-order valence-electron chi connectivity index (χ1n) is 8.20. The predicted octanol–water partition coefficient (Wildman–Crippen LogP) is 2.94. The minimum atomic E-state index is -0.0550. The highest BCUT2D eigenvalue weighted by atomic mass is 16.5. The number of rotatable bonds is 8. The third-order valence-electron chi connectivity index (χ3n) is 3.69. The molecular weight excluding hydrogens is 306 g/mol. The van der Waals surface area contributed by atoms with Crippen LogP contribution >= 0.6 is 0 Å². The molecule has 1 aromatic carbocycles. The van der Waals surface area contributed by atoms with Crippen LogP contribution in [0.5, 0.6) is 0 Å². The van der Waals surface area contributed by atoms with Gasteiger partial charge in [0, 0.05) is 31.6 Å². The number of carbonyl (C=O) groups is 1. The zero-order valence-corrected chi connectivity index (χ0v) is 14.7. The van der Waals surface area contributed by atoms with Gasteiger partial charge in [0.25, 0.3) is 0 Å². The van der Waals surface area contributed by atoms with Crippen LogP contribution in [0, 0.1) is 0 Å². The predicted molar refractivity (Wildman–Crippen MR) is 91.6 cm³/mol. The Morgan fingerprint density at radius 2 is 1.96 bits per heavy atom. The lowest BCUT2D eigenvalue weighted by Crippen LogP contribution is -2.35. The van der Waals surface area contributed by atoms with Gasteiger partial charge in [-0.1, -0.05) is 43.3 Å². The van der Waals surface area contributed by atoms with Crippen LogP contribution in [-0.4, -0.2) is 35.8 Å². The van der Waals surface area contributed by atoms with Crippen molar-refractivity contribution in [3.05, 3.63) is 35.7 Å². The van der Waals surface area contributed by atoms with E-state index in [0.717, 1.165) is 5.56 Å². The number of methoxy groups -OCH3 is 1. The normalized spacial score (nSPS) is 12.4. The van der Waals surface area contributed by atoms with Crippen LogP contribution in [0.4, 0.5) is 0 Å². The fourth-order valence-electron chi connectivity index (χ4n) is 2.35. The molecule has 2 rings (SSSR count). The van der Waals surface area contributed by atoms with Crippen molar-refractivity contribution >= 4 is 5.91 Å². The third-order valence-corrected chi connectivity index (χ3v) is 3.69. The van der Waals surface area contributed by atoms with Gasteiger partial charge in [0.2, 0.25) is 17.6 Å². The molecule has 130 valence electrons. The van der Waals surface area contributed by atoms with Gasteiger partial charge in [0.15, 0.2) is 0 Å². The standard InChI is InChI=1S/C18H25N3O3/c1-12(2)14-5-7-15(8-6-14)18-20-17(24-21-18)10-9-16(22)19-13(3)11-23-4/h5-8,12-13H,9-11H2,1-4H3,(H,19,22)/t13-/m1/s1. The Hall–Kier alpha value is -2.21.